The van der Waals surface area contributed by atoms with Crippen molar-refractivity contribution in [1.82, 2.24) is 5.32 Å². The molecular weight excluding hydrogens is 190 g/mol. The molecule has 0 saturated carbocycles. The maximum Gasteiger partial charge on any atom is 0.119 e. The van der Waals surface area contributed by atoms with Crippen molar-refractivity contribution in [1.29, 1.82) is 0 Å². The highest BCUT2D eigenvalue weighted by Crippen LogP contribution is 2.18. The summed E-state index contributed by atoms with van der Waals surface area (Å²) in [7, 11) is 1.66. The Morgan fingerprint density at radius 1 is 1.27 bits per heavy atom. The van der Waals surface area contributed by atoms with Gasteiger partial charge in [-0.15, -0.1) is 0 Å². The Kier molecular flexibility index (Phi) is 3.45. The van der Waals surface area contributed by atoms with Crippen LogP contribution in [0.4, 0.5) is 0 Å². The molecule has 81 valence electrons. The van der Waals surface area contributed by atoms with Crippen LogP contribution in [0.25, 0.3) is 0 Å². The van der Waals surface area contributed by atoms with Crippen LogP contribution >= 0.6 is 0 Å². The largest absolute Gasteiger partial charge is 0.497 e. The summed E-state index contributed by atoms with van der Waals surface area (Å²) in [4.78, 5) is 0. The molecule has 1 radical (unpaired) electrons. The first kappa shape index (κ1) is 10.3. The number of methoxy groups -OCH3 is 1. The molecule has 1 unspecified atom stereocenters. The minimum Gasteiger partial charge on any atom is -0.497 e. The fourth-order valence-corrected chi connectivity index (χ4v) is 1.69. The fraction of sp³-hybridized carbons (Fsp3) is 0.500. The van der Waals surface area contributed by atoms with Crippen molar-refractivity contribution >= 4 is 0 Å². The quantitative estimate of drug-likeness (QED) is 0.753. The smallest absolute Gasteiger partial charge is 0.119 e. The van der Waals surface area contributed by atoms with Gasteiger partial charge in [0.05, 0.1) is 13.2 Å². The molecule has 3 heteroatoms. The maximum absolute atomic E-state index is 5.64. The molecule has 1 aromatic rings. The van der Waals surface area contributed by atoms with Crippen LogP contribution in [-0.2, 0) is 0 Å². The first-order chi connectivity index (χ1) is 7.38. The Bertz CT molecular complexity index is 291. The third-order valence-corrected chi connectivity index (χ3v) is 2.58. The number of nitrogens with zero attached hydrogens (tertiary/aromatic N) is 1. The molecular formula is C12H16NO2. The molecule has 1 heterocycles. The van der Waals surface area contributed by atoms with Crippen LogP contribution in [-0.4, -0.2) is 26.3 Å². The molecule has 0 aliphatic carbocycles. The highest BCUT2D eigenvalue weighted by Gasteiger charge is 2.15. The summed E-state index contributed by atoms with van der Waals surface area (Å²) >= 11 is 0. The second-order valence-electron chi connectivity index (χ2n) is 3.69. The molecule has 0 aromatic heterocycles. The van der Waals surface area contributed by atoms with E-state index in [1.165, 1.54) is 6.42 Å². The Balaban J connectivity index is 1.82. The zero-order chi connectivity index (χ0) is 10.5. The highest BCUT2D eigenvalue weighted by atomic mass is 16.5. The van der Waals surface area contributed by atoms with Crippen LogP contribution < -0.4 is 14.8 Å². The van der Waals surface area contributed by atoms with Crippen molar-refractivity contribution in [3.63, 3.8) is 0 Å². The third-order valence-electron chi connectivity index (χ3n) is 2.58. The highest BCUT2D eigenvalue weighted by molar-refractivity contribution is 5.31. The van der Waals surface area contributed by atoms with Crippen molar-refractivity contribution in [2.24, 2.45) is 0 Å². The van der Waals surface area contributed by atoms with E-state index in [2.05, 4.69) is 5.32 Å². The molecule has 1 aromatic carbocycles. The van der Waals surface area contributed by atoms with E-state index in [0.717, 1.165) is 24.5 Å². The zero-order valence-corrected chi connectivity index (χ0v) is 8.98. The average Bonchev–Trinajstić information content (AvgIpc) is 2.80. The standard InChI is InChI=1S/C12H16NO2/c1-14-11-4-6-12(7-5-11)15-9-10-3-2-8-13-10/h4-7,10H,2-3,8-9H2,1H3. The van der Waals surface area contributed by atoms with E-state index in [9.17, 15) is 0 Å². The molecule has 1 aliphatic heterocycles. The van der Waals surface area contributed by atoms with Crippen molar-refractivity contribution in [2.45, 2.75) is 18.9 Å². The van der Waals surface area contributed by atoms with E-state index < -0.39 is 0 Å². The number of hydrogen-bond acceptors (Lipinski definition) is 2. The fourth-order valence-electron chi connectivity index (χ4n) is 1.69. The predicted octanol–water partition coefficient (Wildman–Crippen LogP) is 1.84. The number of ether oxygens (including phenoxy) is 2. The van der Waals surface area contributed by atoms with Gasteiger partial charge in [0, 0.05) is 6.54 Å². The number of hydrogen-bond donors (Lipinski definition) is 0. The van der Waals surface area contributed by atoms with Crippen LogP contribution in [0.5, 0.6) is 11.5 Å². The molecule has 15 heavy (non-hydrogen) atoms. The first-order valence-corrected chi connectivity index (χ1v) is 5.32. The number of benzene rings is 1. The van der Waals surface area contributed by atoms with Crippen molar-refractivity contribution < 1.29 is 9.47 Å². The zero-order valence-electron chi connectivity index (χ0n) is 8.98. The van der Waals surface area contributed by atoms with Crippen molar-refractivity contribution in [3.8, 4) is 11.5 Å². The van der Waals surface area contributed by atoms with Gasteiger partial charge in [-0.3, -0.25) is 0 Å². The average molecular weight is 206 g/mol. The molecule has 1 saturated heterocycles. The molecule has 1 atom stereocenters. The Morgan fingerprint density at radius 3 is 2.60 bits per heavy atom. The van der Waals surface area contributed by atoms with E-state index in [1.54, 1.807) is 7.11 Å². The minimum atomic E-state index is 0.395. The SMILES string of the molecule is COc1ccc(OCC2CCC[N]2)cc1. The summed E-state index contributed by atoms with van der Waals surface area (Å²) in [6.07, 6.45) is 2.37. The van der Waals surface area contributed by atoms with Gasteiger partial charge in [-0.2, -0.15) is 0 Å². The van der Waals surface area contributed by atoms with Gasteiger partial charge in [0.25, 0.3) is 0 Å². The Morgan fingerprint density at radius 2 is 2.00 bits per heavy atom. The summed E-state index contributed by atoms with van der Waals surface area (Å²) in [5.41, 5.74) is 0. The van der Waals surface area contributed by atoms with E-state index in [-0.39, 0.29) is 0 Å². The summed E-state index contributed by atoms with van der Waals surface area (Å²) in [5, 5.41) is 4.43. The molecule has 0 bridgehead atoms. The van der Waals surface area contributed by atoms with Gasteiger partial charge < -0.3 is 9.47 Å². The second-order valence-corrected chi connectivity index (χ2v) is 3.69. The second kappa shape index (κ2) is 5.03. The Hall–Kier alpha value is -1.22. The van der Waals surface area contributed by atoms with Gasteiger partial charge >= 0.3 is 0 Å². The maximum atomic E-state index is 5.64. The third kappa shape index (κ3) is 2.86. The molecule has 0 spiro atoms. The summed E-state index contributed by atoms with van der Waals surface area (Å²) < 4.78 is 10.7. The normalized spacial score (nSPS) is 20.2. The van der Waals surface area contributed by atoms with Gasteiger partial charge in [-0.1, -0.05) is 0 Å². The van der Waals surface area contributed by atoms with Crippen LogP contribution in [0.3, 0.4) is 0 Å². The van der Waals surface area contributed by atoms with Crippen LogP contribution in [0.2, 0.25) is 0 Å². The van der Waals surface area contributed by atoms with Gasteiger partial charge in [0.2, 0.25) is 0 Å². The van der Waals surface area contributed by atoms with Crippen LogP contribution in [0.15, 0.2) is 24.3 Å². The number of rotatable bonds is 4. The molecule has 0 N–H and O–H groups in total. The van der Waals surface area contributed by atoms with Crippen molar-refractivity contribution in [2.75, 3.05) is 20.3 Å². The van der Waals surface area contributed by atoms with E-state index >= 15 is 0 Å². The topological polar surface area (TPSA) is 32.6 Å². The van der Waals surface area contributed by atoms with Gasteiger partial charge in [0.1, 0.15) is 18.1 Å². The molecule has 1 fully saturated rings. The predicted molar refractivity (Wildman–Crippen MR) is 58.5 cm³/mol. The lowest BCUT2D eigenvalue weighted by molar-refractivity contribution is 0.275. The van der Waals surface area contributed by atoms with E-state index in [1.807, 2.05) is 24.3 Å². The van der Waals surface area contributed by atoms with Crippen LogP contribution in [0.1, 0.15) is 12.8 Å². The lowest BCUT2D eigenvalue weighted by Crippen LogP contribution is -2.22. The van der Waals surface area contributed by atoms with Gasteiger partial charge in [-0.25, -0.2) is 5.32 Å². The molecule has 1 aliphatic rings. The summed E-state index contributed by atoms with van der Waals surface area (Å²) in [6, 6.07) is 8.05. The summed E-state index contributed by atoms with van der Waals surface area (Å²) in [5.74, 6) is 1.74. The van der Waals surface area contributed by atoms with Gasteiger partial charge in [0.15, 0.2) is 0 Å². The Labute approximate surface area is 90.4 Å². The summed E-state index contributed by atoms with van der Waals surface area (Å²) in [6.45, 7) is 1.70. The van der Waals surface area contributed by atoms with E-state index in [4.69, 9.17) is 9.47 Å². The lowest BCUT2D eigenvalue weighted by Gasteiger charge is -2.11. The van der Waals surface area contributed by atoms with Gasteiger partial charge in [-0.05, 0) is 37.1 Å². The van der Waals surface area contributed by atoms with Crippen molar-refractivity contribution in [3.05, 3.63) is 24.3 Å². The van der Waals surface area contributed by atoms with Crippen LogP contribution in [0, 0.1) is 0 Å². The lowest BCUT2D eigenvalue weighted by atomic mass is 10.2. The van der Waals surface area contributed by atoms with E-state index in [0.29, 0.717) is 12.6 Å². The first-order valence-electron chi connectivity index (χ1n) is 5.32. The minimum absolute atomic E-state index is 0.395. The molecule has 2 rings (SSSR count). The monoisotopic (exact) mass is 206 g/mol. The molecule has 3 nitrogen and oxygen atoms in total. The molecule has 0 amide bonds.